The molecule has 0 bridgehead atoms. The van der Waals surface area contributed by atoms with Crippen LogP contribution in [0.3, 0.4) is 0 Å². The van der Waals surface area contributed by atoms with Gasteiger partial charge in [-0.3, -0.25) is 4.79 Å². The molecule has 0 atom stereocenters. The summed E-state index contributed by atoms with van der Waals surface area (Å²) in [5, 5.41) is 2.81. The maximum absolute atomic E-state index is 10.8. The van der Waals surface area contributed by atoms with Crippen LogP contribution in [0.5, 0.6) is 0 Å². The van der Waals surface area contributed by atoms with E-state index < -0.39 is 0 Å². The van der Waals surface area contributed by atoms with Crippen LogP contribution in [0.4, 0.5) is 0 Å². The van der Waals surface area contributed by atoms with Crippen molar-refractivity contribution in [2.45, 2.75) is 19.3 Å². The topological polar surface area (TPSA) is 29.1 Å². The SMILES string of the molecule is O=C1CC2=CCCC=C2N1.[HH]. The van der Waals surface area contributed by atoms with E-state index in [9.17, 15) is 4.79 Å². The number of amides is 1. The second-order valence-corrected chi connectivity index (χ2v) is 2.65. The standard InChI is InChI=1S/C8H9NO.H2/c10-8-5-6-3-1-2-4-7(6)9-8;/h3-4H,1-2,5H2,(H,9,10);1H. The Bertz CT molecular complexity index is 218. The van der Waals surface area contributed by atoms with Crippen LogP contribution in [0, 0.1) is 0 Å². The van der Waals surface area contributed by atoms with Gasteiger partial charge in [0.15, 0.2) is 0 Å². The fourth-order valence-corrected chi connectivity index (χ4v) is 1.39. The summed E-state index contributed by atoms with van der Waals surface area (Å²) < 4.78 is 0. The molecule has 1 fully saturated rings. The molecule has 1 saturated heterocycles. The van der Waals surface area contributed by atoms with E-state index in [0.29, 0.717) is 6.42 Å². The van der Waals surface area contributed by atoms with Crippen LogP contribution < -0.4 is 5.32 Å². The number of carbonyl (C=O) groups excluding carboxylic acids is 1. The zero-order valence-corrected chi connectivity index (χ0v) is 5.68. The number of carbonyl (C=O) groups is 1. The van der Waals surface area contributed by atoms with Crippen LogP contribution in [0.2, 0.25) is 0 Å². The molecule has 0 aromatic carbocycles. The number of nitrogens with one attached hydrogen (secondary N) is 1. The highest BCUT2D eigenvalue weighted by Gasteiger charge is 2.20. The molecular formula is C8H11NO. The molecule has 1 aliphatic carbocycles. The van der Waals surface area contributed by atoms with Gasteiger partial charge in [-0.05, 0) is 18.4 Å². The highest BCUT2D eigenvalue weighted by molar-refractivity contribution is 5.86. The Kier molecular flexibility index (Phi) is 1.13. The van der Waals surface area contributed by atoms with Crippen molar-refractivity contribution >= 4 is 5.91 Å². The molecule has 0 saturated carbocycles. The molecule has 2 aliphatic rings. The van der Waals surface area contributed by atoms with Gasteiger partial charge in [-0.25, -0.2) is 0 Å². The molecule has 0 aromatic rings. The Morgan fingerprint density at radius 2 is 2.20 bits per heavy atom. The molecule has 54 valence electrons. The number of rotatable bonds is 0. The lowest BCUT2D eigenvalue weighted by Crippen LogP contribution is -2.12. The van der Waals surface area contributed by atoms with Crippen LogP contribution in [0.1, 0.15) is 20.7 Å². The van der Waals surface area contributed by atoms with E-state index in [0.717, 1.165) is 18.5 Å². The van der Waals surface area contributed by atoms with E-state index in [1.54, 1.807) is 0 Å². The van der Waals surface area contributed by atoms with Gasteiger partial charge in [-0.2, -0.15) is 0 Å². The van der Waals surface area contributed by atoms with Gasteiger partial charge < -0.3 is 5.32 Å². The van der Waals surface area contributed by atoms with Gasteiger partial charge in [-0.1, -0.05) is 12.2 Å². The molecule has 2 heteroatoms. The minimum Gasteiger partial charge on any atom is -0.326 e. The minimum absolute atomic E-state index is 0. The fourth-order valence-electron chi connectivity index (χ4n) is 1.39. The normalized spacial score (nSPS) is 23.0. The summed E-state index contributed by atoms with van der Waals surface area (Å²) in [6.45, 7) is 0. The zero-order valence-electron chi connectivity index (χ0n) is 5.68. The van der Waals surface area contributed by atoms with Crippen molar-refractivity contribution in [2.75, 3.05) is 0 Å². The average molecular weight is 137 g/mol. The molecular weight excluding hydrogens is 126 g/mol. The third-order valence-electron chi connectivity index (χ3n) is 1.88. The van der Waals surface area contributed by atoms with Crippen LogP contribution >= 0.6 is 0 Å². The molecule has 10 heavy (non-hydrogen) atoms. The second kappa shape index (κ2) is 1.97. The van der Waals surface area contributed by atoms with Crippen molar-refractivity contribution in [2.24, 2.45) is 0 Å². The molecule has 1 amide bonds. The van der Waals surface area contributed by atoms with Gasteiger partial charge in [0.25, 0.3) is 0 Å². The molecule has 0 aromatic heterocycles. The number of hydrogen-bond donors (Lipinski definition) is 1. The monoisotopic (exact) mass is 137 g/mol. The summed E-state index contributed by atoms with van der Waals surface area (Å²) >= 11 is 0. The number of allylic oxidation sites excluding steroid dienone is 3. The molecule has 2 nitrogen and oxygen atoms in total. The van der Waals surface area contributed by atoms with Crippen molar-refractivity contribution in [1.82, 2.24) is 5.32 Å². The van der Waals surface area contributed by atoms with Crippen molar-refractivity contribution in [1.29, 1.82) is 0 Å². The van der Waals surface area contributed by atoms with Crippen LogP contribution in [0.15, 0.2) is 23.4 Å². The summed E-state index contributed by atoms with van der Waals surface area (Å²) in [5.74, 6) is 0.138. The van der Waals surface area contributed by atoms with Crippen molar-refractivity contribution in [3.63, 3.8) is 0 Å². The van der Waals surface area contributed by atoms with Gasteiger partial charge in [0.2, 0.25) is 5.91 Å². The lowest BCUT2D eigenvalue weighted by atomic mass is 10.0. The van der Waals surface area contributed by atoms with E-state index in [1.807, 2.05) is 0 Å². The summed E-state index contributed by atoms with van der Waals surface area (Å²) in [6.07, 6.45) is 6.99. The highest BCUT2D eigenvalue weighted by Crippen LogP contribution is 2.24. The maximum atomic E-state index is 10.8. The molecule has 1 heterocycles. The summed E-state index contributed by atoms with van der Waals surface area (Å²) in [4.78, 5) is 10.8. The molecule has 0 unspecified atom stereocenters. The molecule has 1 N–H and O–H groups in total. The second-order valence-electron chi connectivity index (χ2n) is 2.65. The first-order chi connectivity index (χ1) is 4.86. The van der Waals surface area contributed by atoms with Gasteiger partial charge >= 0.3 is 0 Å². The van der Waals surface area contributed by atoms with Gasteiger partial charge in [0.1, 0.15) is 0 Å². The van der Waals surface area contributed by atoms with E-state index in [-0.39, 0.29) is 7.33 Å². The van der Waals surface area contributed by atoms with E-state index >= 15 is 0 Å². The predicted molar refractivity (Wildman–Crippen MR) is 40.3 cm³/mol. The highest BCUT2D eigenvalue weighted by atomic mass is 16.1. The summed E-state index contributed by atoms with van der Waals surface area (Å²) in [5.41, 5.74) is 2.24. The smallest absolute Gasteiger partial charge is 0.228 e. The molecule has 1 aliphatic heterocycles. The largest absolute Gasteiger partial charge is 0.326 e. The quantitative estimate of drug-likeness (QED) is 0.536. The third kappa shape index (κ3) is 0.764. The average Bonchev–Trinajstić information content (AvgIpc) is 2.27. The van der Waals surface area contributed by atoms with Gasteiger partial charge in [0.05, 0.1) is 6.42 Å². The predicted octanol–water partition coefficient (Wildman–Crippen LogP) is 1.36. The third-order valence-corrected chi connectivity index (χ3v) is 1.88. The van der Waals surface area contributed by atoms with Gasteiger partial charge in [0, 0.05) is 7.12 Å². The molecule has 0 radical (unpaired) electrons. The van der Waals surface area contributed by atoms with Crippen LogP contribution in [-0.4, -0.2) is 5.91 Å². The van der Waals surface area contributed by atoms with E-state index in [2.05, 4.69) is 17.5 Å². The Labute approximate surface area is 61.1 Å². The van der Waals surface area contributed by atoms with Crippen molar-refractivity contribution in [3.05, 3.63) is 23.4 Å². The summed E-state index contributed by atoms with van der Waals surface area (Å²) in [7, 11) is 0. The van der Waals surface area contributed by atoms with Crippen LogP contribution in [-0.2, 0) is 4.79 Å². The maximum Gasteiger partial charge on any atom is 0.228 e. The Morgan fingerprint density at radius 1 is 1.40 bits per heavy atom. The molecule has 2 rings (SSSR count). The minimum atomic E-state index is 0. The fraction of sp³-hybridized carbons (Fsp3) is 0.375. The van der Waals surface area contributed by atoms with Gasteiger partial charge in [-0.15, -0.1) is 0 Å². The summed E-state index contributed by atoms with van der Waals surface area (Å²) in [6, 6.07) is 0. The zero-order chi connectivity index (χ0) is 6.97. The lowest BCUT2D eigenvalue weighted by Gasteiger charge is -2.04. The lowest BCUT2D eigenvalue weighted by molar-refractivity contribution is -0.118. The van der Waals surface area contributed by atoms with Crippen molar-refractivity contribution in [3.8, 4) is 0 Å². The number of hydrogen-bond acceptors (Lipinski definition) is 1. The van der Waals surface area contributed by atoms with E-state index in [1.165, 1.54) is 5.57 Å². The first-order valence-corrected chi connectivity index (χ1v) is 3.56. The van der Waals surface area contributed by atoms with E-state index in [4.69, 9.17) is 0 Å². The first kappa shape index (κ1) is 5.71. The first-order valence-electron chi connectivity index (χ1n) is 3.56. The number of fused-ring (bicyclic) bond motifs is 1. The van der Waals surface area contributed by atoms with Crippen LogP contribution in [0.25, 0.3) is 0 Å². The Morgan fingerprint density at radius 3 is 3.00 bits per heavy atom. The Hall–Kier alpha value is -1.05. The molecule has 0 spiro atoms. The van der Waals surface area contributed by atoms with Crippen molar-refractivity contribution < 1.29 is 6.22 Å². The Balaban J connectivity index is 0.000000605.